The third-order valence-corrected chi connectivity index (χ3v) is 6.30. The Morgan fingerprint density at radius 1 is 1.16 bits per heavy atom. The van der Waals surface area contributed by atoms with Gasteiger partial charge in [-0.15, -0.1) is 0 Å². The van der Waals surface area contributed by atoms with Gasteiger partial charge in [0, 0.05) is 18.7 Å². The standard InChI is InChI=1S/C19H22N2O3S/c1-15(16-7-3-2-4-8-16)14-20-19(22)17-9-5-10-18(13-17)21-11-6-12-25(21,23)24/h2-5,7-10,13,15H,6,11-12,14H2,1H3,(H,20,22)/t15-/m0/s1. The number of rotatable bonds is 5. The first-order valence-electron chi connectivity index (χ1n) is 8.41. The van der Waals surface area contributed by atoms with E-state index < -0.39 is 10.0 Å². The van der Waals surface area contributed by atoms with Crippen LogP contribution < -0.4 is 9.62 Å². The fourth-order valence-corrected chi connectivity index (χ4v) is 4.54. The molecule has 1 fully saturated rings. The molecular weight excluding hydrogens is 336 g/mol. The van der Waals surface area contributed by atoms with E-state index in [2.05, 4.69) is 12.2 Å². The Labute approximate surface area is 148 Å². The number of carbonyl (C=O) groups excluding carboxylic acids is 1. The van der Waals surface area contributed by atoms with Crippen LogP contribution in [0.3, 0.4) is 0 Å². The van der Waals surface area contributed by atoms with Gasteiger partial charge in [-0.2, -0.15) is 0 Å². The van der Waals surface area contributed by atoms with Gasteiger partial charge in [0.25, 0.3) is 5.91 Å². The Morgan fingerprint density at radius 2 is 1.92 bits per heavy atom. The van der Waals surface area contributed by atoms with Gasteiger partial charge in [-0.1, -0.05) is 43.3 Å². The summed E-state index contributed by atoms with van der Waals surface area (Å²) in [5.41, 5.74) is 2.20. The first kappa shape index (κ1) is 17.5. The minimum absolute atomic E-state index is 0.165. The zero-order chi connectivity index (χ0) is 17.9. The molecule has 0 radical (unpaired) electrons. The summed E-state index contributed by atoms with van der Waals surface area (Å²) in [6.07, 6.45) is 0.618. The molecule has 6 heteroatoms. The lowest BCUT2D eigenvalue weighted by molar-refractivity contribution is 0.0951. The van der Waals surface area contributed by atoms with E-state index in [1.165, 1.54) is 9.87 Å². The molecule has 2 aromatic carbocycles. The molecule has 0 spiro atoms. The van der Waals surface area contributed by atoms with Crippen molar-refractivity contribution < 1.29 is 13.2 Å². The van der Waals surface area contributed by atoms with Crippen molar-refractivity contribution in [3.63, 3.8) is 0 Å². The molecule has 1 N–H and O–H groups in total. The molecule has 1 amide bonds. The quantitative estimate of drug-likeness (QED) is 0.894. The second-order valence-corrected chi connectivity index (χ2v) is 8.33. The SMILES string of the molecule is C[C@@H](CNC(=O)c1cccc(N2CCCS2(=O)=O)c1)c1ccccc1. The average Bonchev–Trinajstić information content (AvgIpc) is 2.99. The molecule has 0 unspecified atom stereocenters. The molecule has 0 aromatic heterocycles. The number of nitrogens with zero attached hydrogens (tertiary/aromatic N) is 1. The fourth-order valence-electron chi connectivity index (χ4n) is 2.98. The Hall–Kier alpha value is -2.34. The third kappa shape index (κ3) is 4.02. The maximum Gasteiger partial charge on any atom is 0.251 e. The molecule has 132 valence electrons. The number of hydrogen-bond donors (Lipinski definition) is 1. The smallest absolute Gasteiger partial charge is 0.251 e. The Morgan fingerprint density at radius 3 is 2.60 bits per heavy atom. The van der Waals surface area contributed by atoms with Gasteiger partial charge < -0.3 is 5.32 Å². The van der Waals surface area contributed by atoms with E-state index in [4.69, 9.17) is 0 Å². The minimum atomic E-state index is -3.24. The number of carbonyl (C=O) groups is 1. The van der Waals surface area contributed by atoms with Crippen LogP contribution in [0.2, 0.25) is 0 Å². The van der Waals surface area contributed by atoms with Gasteiger partial charge in [0.2, 0.25) is 10.0 Å². The second-order valence-electron chi connectivity index (χ2n) is 6.31. The molecule has 5 nitrogen and oxygen atoms in total. The maximum absolute atomic E-state index is 12.4. The molecule has 1 heterocycles. The summed E-state index contributed by atoms with van der Waals surface area (Å²) in [7, 11) is -3.24. The molecule has 2 aromatic rings. The maximum atomic E-state index is 12.4. The summed E-state index contributed by atoms with van der Waals surface area (Å²) in [6, 6.07) is 16.8. The van der Waals surface area contributed by atoms with E-state index in [0.717, 1.165) is 0 Å². The first-order valence-corrected chi connectivity index (χ1v) is 10.0. The lowest BCUT2D eigenvalue weighted by atomic mass is 10.0. The highest BCUT2D eigenvalue weighted by Gasteiger charge is 2.28. The van der Waals surface area contributed by atoms with E-state index in [0.29, 0.717) is 30.8 Å². The highest BCUT2D eigenvalue weighted by atomic mass is 32.2. The van der Waals surface area contributed by atoms with Crippen LogP contribution in [-0.4, -0.2) is 33.2 Å². The normalized spacial score (nSPS) is 17.2. The second kappa shape index (κ2) is 7.27. The van der Waals surface area contributed by atoms with Gasteiger partial charge in [-0.3, -0.25) is 9.10 Å². The number of anilines is 1. The molecule has 1 atom stereocenters. The predicted octanol–water partition coefficient (Wildman–Crippen LogP) is 2.76. The first-order chi connectivity index (χ1) is 12.0. The lowest BCUT2D eigenvalue weighted by Crippen LogP contribution is -2.28. The summed E-state index contributed by atoms with van der Waals surface area (Å²) in [5.74, 6) is 0.173. The van der Waals surface area contributed by atoms with Crippen LogP contribution in [0.5, 0.6) is 0 Å². The topological polar surface area (TPSA) is 66.5 Å². The van der Waals surface area contributed by atoms with Crippen LogP contribution in [0.4, 0.5) is 5.69 Å². The molecule has 0 aliphatic carbocycles. The third-order valence-electron chi connectivity index (χ3n) is 4.43. The number of benzene rings is 2. The summed E-state index contributed by atoms with van der Waals surface area (Å²) in [6.45, 7) is 3.05. The van der Waals surface area contributed by atoms with Crippen LogP contribution in [0.1, 0.15) is 35.2 Å². The molecule has 0 bridgehead atoms. The zero-order valence-electron chi connectivity index (χ0n) is 14.2. The van der Waals surface area contributed by atoms with Crippen LogP contribution >= 0.6 is 0 Å². The Balaban J connectivity index is 1.68. The van der Waals surface area contributed by atoms with Crippen molar-refractivity contribution in [3.8, 4) is 0 Å². The van der Waals surface area contributed by atoms with Crippen LogP contribution in [-0.2, 0) is 10.0 Å². The van der Waals surface area contributed by atoms with E-state index >= 15 is 0 Å². The predicted molar refractivity (Wildman–Crippen MR) is 99.4 cm³/mol. The number of sulfonamides is 1. The van der Waals surface area contributed by atoms with Crippen LogP contribution in [0.25, 0.3) is 0 Å². The number of nitrogens with one attached hydrogen (secondary N) is 1. The summed E-state index contributed by atoms with van der Waals surface area (Å²) in [5, 5.41) is 2.93. The Bertz CT molecular complexity index is 850. The van der Waals surface area contributed by atoms with Crippen LogP contribution in [0, 0.1) is 0 Å². The van der Waals surface area contributed by atoms with Crippen molar-refractivity contribution in [1.82, 2.24) is 5.32 Å². The highest BCUT2D eigenvalue weighted by Crippen LogP contribution is 2.24. The lowest BCUT2D eigenvalue weighted by Gasteiger charge is -2.18. The van der Waals surface area contributed by atoms with Gasteiger partial charge in [0.05, 0.1) is 11.4 Å². The highest BCUT2D eigenvalue weighted by molar-refractivity contribution is 7.93. The van der Waals surface area contributed by atoms with Crippen molar-refractivity contribution in [3.05, 3.63) is 65.7 Å². The monoisotopic (exact) mass is 358 g/mol. The summed E-state index contributed by atoms with van der Waals surface area (Å²) in [4.78, 5) is 12.4. The van der Waals surface area contributed by atoms with Crippen molar-refractivity contribution >= 4 is 21.6 Å². The zero-order valence-corrected chi connectivity index (χ0v) is 15.0. The van der Waals surface area contributed by atoms with E-state index in [-0.39, 0.29) is 17.6 Å². The number of hydrogen-bond acceptors (Lipinski definition) is 3. The molecule has 25 heavy (non-hydrogen) atoms. The summed E-state index contributed by atoms with van der Waals surface area (Å²) < 4.78 is 25.5. The van der Waals surface area contributed by atoms with Crippen molar-refractivity contribution in [2.75, 3.05) is 23.1 Å². The van der Waals surface area contributed by atoms with Crippen LogP contribution in [0.15, 0.2) is 54.6 Å². The molecule has 3 rings (SSSR count). The molecule has 1 aliphatic rings. The average molecular weight is 358 g/mol. The van der Waals surface area contributed by atoms with Gasteiger partial charge >= 0.3 is 0 Å². The molecular formula is C19H22N2O3S. The largest absolute Gasteiger partial charge is 0.351 e. The fraction of sp³-hybridized carbons (Fsp3) is 0.316. The van der Waals surface area contributed by atoms with E-state index in [1.54, 1.807) is 24.3 Å². The van der Waals surface area contributed by atoms with Crippen molar-refractivity contribution in [2.45, 2.75) is 19.3 Å². The number of amides is 1. The summed E-state index contributed by atoms with van der Waals surface area (Å²) >= 11 is 0. The molecule has 1 aliphatic heterocycles. The minimum Gasteiger partial charge on any atom is -0.351 e. The van der Waals surface area contributed by atoms with Crippen molar-refractivity contribution in [2.24, 2.45) is 0 Å². The van der Waals surface area contributed by atoms with Crippen molar-refractivity contribution in [1.29, 1.82) is 0 Å². The van der Waals surface area contributed by atoms with Gasteiger partial charge in [0.15, 0.2) is 0 Å². The van der Waals surface area contributed by atoms with Gasteiger partial charge in [0.1, 0.15) is 0 Å². The van der Waals surface area contributed by atoms with Gasteiger partial charge in [-0.25, -0.2) is 8.42 Å². The van der Waals surface area contributed by atoms with E-state index in [9.17, 15) is 13.2 Å². The molecule has 1 saturated heterocycles. The van der Waals surface area contributed by atoms with E-state index in [1.807, 2.05) is 30.3 Å². The Kier molecular flexibility index (Phi) is 5.08. The molecule has 0 saturated carbocycles. The van der Waals surface area contributed by atoms with Gasteiger partial charge in [-0.05, 0) is 36.1 Å².